The molecule has 378 valence electrons. The number of carbonyl (C=O) groups is 7. The molecular weight excluding hydrogens is 857 g/mol. The van der Waals surface area contributed by atoms with Crippen LogP contribution in [0.5, 0.6) is 0 Å². The van der Waals surface area contributed by atoms with Gasteiger partial charge in [-0.1, -0.05) is 55.4 Å². The molecule has 0 aliphatic carbocycles. The van der Waals surface area contributed by atoms with Crippen LogP contribution in [0.15, 0.2) is 15.0 Å². The SMILES string of the molecule is CC(C)C[C@H](NC(=O)[C@H](CC(C)C)NC(=O)[C@H](CCCN=C(N)N)NC(=O)[C@H](CC(C)C)NC(=O)[C@H](CC(C)C)NC(=O)[C@@H](N)CCCN=C(N)N)C(=O)N[C@@H](CCCN=C(N)N)C(=O)O. The fourth-order valence-electron chi connectivity index (χ4n) is 6.64. The molecule has 7 atom stereocenters. The highest BCUT2D eigenvalue weighted by molar-refractivity contribution is 5.97. The van der Waals surface area contributed by atoms with Crippen LogP contribution < -0.4 is 72.0 Å². The molecule has 0 spiro atoms. The topological polar surface area (TPSA) is 431 Å². The van der Waals surface area contributed by atoms with Crippen molar-refractivity contribution in [1.29, 1.82) is 0 Å². The third kappa shape index (κ3) is 27.4. The summed E-state index contributed by atoms with van der Waals surface area (Å²) in [6.07, 6.45) is 1.81. The van der Waals surface area contributed by atoms with E-state index >= 15 is 0 Å². The van der Waals surface area contributed by atoms with E-state index in [1.807, 2.05) is 55.4 Å². The van der Waals surface area contributed by atoms with Gasteiger partial charge in [-0.2, -0.15) is 0 Å². The van der Waals surface area contributed by atoms with Crippen molar-refractivity contribution in [3.05, 3.63) is 0 Å². The van der Waals surface area contributed by atoms with E-state index in [-0.39, 0.29) is 119 Å². The average molecular weight is 939 g/mol. The van der Waals surface area contributed by atoms with E-state index in [2.05, 4.69) is 46.9 Å². The molecule has 0 saturated carbocycles. The third-order valence-corrected chi connectivity index (χ3v) is 9.80. The number of hydrogen-bond donors (Lipinski definition) is 14. The van der Waals surface area contributed by atoms with Gasteiger partial charge < -0.3 is 77.1 Å². The molecule has 66 heavy (non-hydrogen) atoms. The van der Waals surface area contributed by atoms with Crippen molar-refractivity contribution in [2.24, 2.45) is 78.8 Å². The van der Waals surface area contributed by atoms with E-state index in [1.165, 1.54) is 0 Å². The zero-order chi connectivity index (χ0) is 50.7. The zero-order valence-electron chi connectivity index (χ0n) is 40.2. The molecule has 21 N–H and O–H groups in total. The fourth-order valence-corrected chi connectivity index (χ4v) is 6.64. The van der Waals surface area contributed by atoms with Crippen LogP contribution in [0.25, 0.3) is 0 Å². The molecule has 0 aromatic heterocycles. The molecule has 0 unspecified atom stereocenters. The number of nitrogens with two attached hydrogens (primary N) is 7. The van der Waals surface area contributed by atoms with Crippen LogP contribution >= 0.6 is 0 Å². The predicted molar refractivity (Wildman–Crippen MR) is 255 cm³/mol. The Balaban J connectivity index is 6.53. The molecule has 0 bridgehead atoms. The molecule has 0 aliphatic heterocycles. The molecule has 0 fully saturated rings. The lowest BCUT2D eigenvalue weighted by atomic mass is 9.98. The van der Waals surface area contributed by atoms with Gasteiger partial charge in [0.05, 0.1) is 6.04 Å². The highest BCUT2D eigenvalue weighted by Crippen LogP contribution is 2.13. The number of aliphatic imine (C=N–C) groups is 3. The molecule has 0 saturated heterocycles. The van der Waals surface area contributed by atoms with Gasteiger partial charge >= 0.3 is 5.97 Å². The van der Waals surface area contributed by atoms with Crippen molar-refractivity contribution in [2.75, 3.05) is 19.6 Å². The van der Waals surface area contributed by atoms with Crippen molar-refractivity contribution < 1.29 is 38.7 Å². The molecule has 24 nitrogen and oxygen atoms in total. The van der Waals surface area contributed by atoms with Gasteiger partial charge in [0.15, 0.2) is 17.9 Å². The van der Waals surface area contributed by atoms with E-state index in [0.717, 1.165) is 0 Å². The van der Waals surface area contributed by atoms with Gasteiger partial charge in [-0.15, -0.1) is 0 Å². The number of carboxylic acid groups (broad SMARTS) is 1. The molecule has 0 aromatic carbocycles. The number of carboxylic acids is 1. The predicted octanol–water partition coefficient (Wildman–Crippen LogP) is -2.35. The van der Waals surface area contributed by atoms with E-state index < -0.39 is 83.7 Å². The first kappa shape index (κ1) is 60.1. The maximum Gasteiger partial charge on any atom is 0.326 e. The Morgan fingerprint density at radius 2 is 0.636 bits per heavy atom. The summed E-state index contributed by atoms with van der Waals surface area (Å²) >= 11 is 0. The maximum absolute atomic E-state index is 14.2. The van der Waals surface area contributed by atoms with Crippen LogP contribution in [0, 0.1) is 23.7 Å². The smallest absolute Gasteiger partial charge is 0.326 e. The Bertz CT molecular complexity index is 1640. The fraction of sp³-hybridized carbons (Fsp3) is 0.762. The summed E-state index contributed by atoms with van der Waals surface area (Å²) in [6.45, 7) is 15.3. The summed E-state index contributed by atoms with van der Waals surface area (Å²) in [7, 11) is 0. The van der Waals surface area contributed by atoms with Crippen LogP contribution in [0.3, 0.4) is 0 Å². The number of carbonyl (C=O) groups excluding carboxylic acids is 6. The van der Waals surface area contributed by atoms with E-state index in [1.54, 1.807) is 0 Å². The zero-order valence-corrected chi connectivity index (χ0v) is 40.2. The second kappa shape index (κ2) is 31.9. The van der Waals surface area contributed by atoms with Gasteiger partial charge in [-0.05, 0) is 87.9 Å². The second-order valence-corrected chi connectivity index (χ2v) is 18.2. The Morgan fingerprint density at radius 1 is 0.394 bits per heavy atom. The van der Waals surface area contributed by atoms with E-state index in [4.69, 9.17) is 40.1 Å². The second-order valence-electron chi connectivity index (χ2n) is 18.2. The molecular formula is C42H82N16O8. The monoisotopic (exact) mass is 939 g/mol. The van der Waals surface area contributed by atoms with Crippen LogP contribution in [-0.2, 0) is 33.6 Å². The minimum atomic E-state index is -1.30. The number of nitrogens with zero attached hydrogens (tertiary/aromatic N) is 3. The maximum atomic E-state index is 14.2. The van der Waals surface area contributed by atoms with Crippen LogP contribution in [0.1, 0.15) is 120 Å². The largest absolute Gasteiger partial charge is 0.480 e. The number of amides is 6. The standard InChI is InChI=1S/C42H82N16O8/c1-22(2)18-29(55-33(59)26(43)12-9-15-50-40(44)45)37(63)57-30(19-23(3)4)35(61)53-27(13-10-16-51-41(46)47)34(60)56-32(21-25(7)8)38(64)58-31(20-24(5)6)36(62)54-28(39(65)66)14-11-17-52-42(48)49/h22-32H,9-21,43H2,1-8H3,(H,53,61)(H,54,62)(H,55,59)(H,56,60)(H,57,63)(H,58,64)(H,65,66)(H4,44,45,50)(H4,46,47,51)(H4,48,49,52)/t26-,27-,28-,29-,30-,31-,32-/m0/s1. The summed E-state index contributed by atoms with van der Waals surface area (Å²) in [6, 6.07) is -8.09. The quantitative estimate of drug-likeness (QED) is 0.0186. The molecule has 0 aliphatic rings. The van der Waals surface area contributed by atoms with Crippen LogP contribution in [-0.4, -0.2) is 126 Å². The average Bonchev–Trinajstić information content (AvgIpc) is 3.19. The summed E-state index contributed by atoms with van der Waals surface area (Å²) in [4.78, 5) is 106. The first-order chi connectivity index (χ1) is 30.7. The van der Waals surface area contributed by atoms with Crippen molar-refractivity contribution in [2.45, 2.75) is 162 Å². The van der Waals surface area contributed by atoms with Crippen molar-refractivity contribution in [1.82, 2.24) is 31.9 Å². The number of aliphatic carboxylic acids is 1. The van der Waals surface area contributed by atoms with Crippen molar-refractivity contribution >= 4 is 59.3 Å². The summed E-state index contributed by atoms with van der Waals surface area (Å²) < 4.78 is 0. The van der Waals surface area contributed by atoms with Crippen LogP contribution in [0.2, 0.25) is 0 Å². The van der Waals surface area contributed by atoms with Gasteiger partial charge in [-0.3, -0.25) is 43.7 Å². The number of hydrogen-bond acceptors (Lipinski definition) is 11. The molecule has 0 aromatic rings. The van der Waals surface area contributed by atoms with Gasteiger partial charge in [0.1, 0.15) is 36.3 Å². The Kier molecular flexibility index (Phi) is 29.0. The van der Waals surface area contributed by atoms with E-state index in [0.29, 0.717) is 6.42 Å². The number of nitrogens with one attached hydrogen (secondary N) is 6. The van der Waals surface area contributed by atoms with Crippen molar-refractivity contribution in [3.63, 3.8) is 0 Å². The highest BCUT2D eigenvalue weighted by Gasteiger charge is 2.34. The lowest BCUT2D eigenvalue weighted by Crippen LogP contribution is -2.60. The van der Waals surface area contributed by atoms with Crippen LogP contribution in [0.4, 0.5) is 0 Å². The van der Waals surface area contributed by atoms with Gasteiger partial charge in [0, 0.05) is 19.6 Å². The lowest BCUT2D eigenvalue weighted by molar-refractivity contribution is -0.142. The Hall–Kier alpha value is -5.94. The minimum Gasteiger partial charge on any atom is -0.480 e. The first-order valence-corrected chi connectivity index (χ1v) is 22.7. The Labute approximate surface area is 389 Å². The highest BCUT2D eigenvalue weighted by atomic mass is 16.4. The number of rotatable bonds is 33. The molecule has 24 heteroatoms. The molecule has 6 amide bonds. The third-order valence-electron chi connectivity index (χ3n) is 9.80. The first-order valence-electron chi connectivity index (χ1n) is 22.7. The molecule has 0 heterocycles. The molecule has 0 rings (SSSR count). The summed E-state index contributed by atoms with van der Waals surface area (Å²) in [5, 5.41) is 26.0. The normalized spacial score (nSPS) is 14.4. The summed E-state index contributed by atoms with van der Waals surface area (Å²) in [5.41, 5.74) is 38.6. The molecule has 0 radical (unpaired) electrons. The van der Waals surface area contributed by atoms with Gasteiger partial charge in [0.25, 0.3) is 0 Å². The number of guanidine groups is 3. The van der Waals surface area contributed by atoms with Gasteiger partial charge in [0.2, 0.25) is 35.4 Å². The minimum absolute atomic E-state index is 0.0116. The van der Waals surface area contributed by atoms with E-state index in [9.17, 15) is 38.7 Å². The Morgan fingerprint density at radius 3 is 0.924 bits per heavy atom. The lowest BCUT2D eigenvalue weighted by Gasteiger charge is -2.29. The summed E-state index contributed by atoms with van der Waals surface area (Å²) in [5.74, 6) is -6.20. The van der Waals surface area contributed by atoms with Crippen molar-refractivity contribution in [3.8, 4) is 0 Å². The van der Waals surface area contributed by atoms with Gasteiger partial charge in [-0.25, -0.2) is 4.79 Å².